The third kappa shape index (κ3) is 4.60. The molecule has 4 nitrogen and oxygen atoms in total. The fourth-order valence-electron chi connectivity index (χ4n) is 1.79. The minimum absolute atomic E-state index is 0.0762. The normalized spacial score (nSPS) is 12.4. The van der Waals surface area contributed by atoms with Crippen LogP contribution in [-0.4, -0.2) is 0 Å². The second kappa shape index (κ2) is 8.73. The third-order valence-corrected chi connectivity index (χ3v) is 4.74. The Kier molecular flexibility index (Phi) is 6.39. The van der Waals surface area contributed by atoms with Crippen LogP contribution in [0.4, 0.5) is 0 Å². The first kappa shape index (κ1) is 17.6. The van der Waals surface area contributed by atoms with Gasteiger partial charge in [-0.25, -0.2) is 4.85 Å². The van der Waals surface area contributed by atoms with Crippen LogP contribution in [0.5, 0.6) is 0 Å². The number of nitriles is 1. The summed E-state index contributed by atoms with van der Waals surface area (Å²) in [6.45, 7) is 7.39. The number of benzene rings is 2. The fourth-order valence-corrected chi connectivity index (χ4v) is 3.37. The van der Waals surface area contributed by atoms with E-state index in [9.17, 15) is 5.26 Å². The lowest BCUT2D eigenvalue weighted by molar-refractivity contribution is 1.34. The van der Waals surface area contributed by atoms with E-state index in [2.05, 4.69) is 4.85 Å². The maximum absolute atomic E-state index is 9.45. The maximum Gasteiger partial charge on any atom is 0.236 e. The molecule has 0 saturated carbocycles. The van der Waals surface area contributed by atoms with Gasteiger partial charge in [0.05, 0.1) is 28.3 Å². The van der Waals surface area contributed by atoms with Crippen molar-refractivity contribution in [2.45, 2.75) is 9.79 Å². The van der Waals surface area contributed by atoms with Crippen molar-refractivity contribution in [1.82, 2.24) is 0 Å². The summed E-state index contributed by atoms with van der Waals surface area (Å²) in [7, 11) is 0. The molecular formula is C18H14N4S2. The van der Waals surface area contributed by atoms with Crippen LogP contribution in [0.2, 0.25) is 0 Å². The molecule has 0 unspecified atom stereocenters. The van der Waals surface area contributed by atoms with Gasteiger partial charge in [-0.05, 0) is 24.3 Å². The highest BCUT2D eigenvalue weighted by Crippen LogP contribution is 2.32. The lowest BCUT2D eigenvalue weighted by Crippen LogP contribution is -2.04. The Morgan fingerprint density at radius 2 is 1.33 bits per heavy atom. The van der Waals surface area contributed by atoms with Gasteiger partial charge < -0.3 is 11.5 Å². The first-order valence-electron chi connectivity index (χ1n) is 6.89. The second-order valence-corrected chi connectivity index (χ2v) is 6.74. The van der Waals surface area contributed by atoms with Crippen molar-refractivity contribution in [3.8, 4) is 6.07 Å². The Bertz CT molecular complexity index is 771. The zero-order chi connectivity index (χ0) is 17.4. The predicted octanol–water partition coefficient (Wildman–Crippen LogP) is 4.31. The molecule has 118 valence electrons. The highest BCUT2D eigenvalue weighted by atomic mass is 32.2. The summed E-state index contributed by atoms with van der Waals surface area (Å²) in [6.07, 6.45) is 0. The van der Waals surface area contributed by atoms with Gasteiger partial charge in [0.1, 0.15) is 0 Å². The quantitative estimate of drug-likeness (QED) is 0.363. The fraction of sp³-hybridized carbons (Fsp3) is 0. The van der Waals surface area contributed by atoms with Gasteiger partial charge in [0.2, 0.25) is 5.70 Å². The predicted molar refractivity (Wildman–Crippen MR) is 99.2 cm³/mol. The molecule has 0 aliphatic heterocycles. The van der Waals surface area contributed by atoms with Gasteiger partial charge in [0, 0.05) is 9.79 Å². The van der Waals surface area contributed by atoms with Gasteiger partial charge in [0.15, 0.2) is 0 Å². The van der Waals surface area contributed by atoms with Gasteiger partial charge in [-0.1, -0.05) is 59.9 Å². The maximum atomic E-state index is 9.45. The summed E-state index contributed by atoms with van der Waals surface area (Å²) in [4.78, 5) is 5.21. The molecule has 2 aromatic carbocycles. The van der Waals surface area contributed by atoms with Crippen molar-refractivity contribution in [3.63, 3.8) is 0 Å². The standard InChI is InChI=1S/C18H14N4S2/c1-22-16(18(21)24-14-10-6-3-7-11-14)15(12-19)17(20)23-13-8-4-2-5-9-13/h2-11H,20-21H2/b17-15?,18-16+. The van der Waals surface area contributed by atoms with E-state index in [4.69, 9.17) is 18.0 Å². The van der Waals surface area contributed by atoms with Gasteiger partial charge in [-0.3, -0.25) is 0 Å². The molecule has 0 aliphatic carbocycles. The van der Waals surface area contributed by atoms with Crippen molar-refractivity contribution in [3.05, 3.63) is 93.4 Å². The summed E-state index contributed by atoms with van der Waals surface area (Å²) in [6, 6.07) is 20.9. The lowest BCUT2D eigenvalue weighted by Gasteiger charge is -2.08. The number of hydrogen-bond acceptors (Lipinski definition) is 5. The van der Waals surface area contributed by atoms with Crippen LogP contribution in [0.25, 0.3) is 4.85 Å². The lowest BCUT2D eigenvalue weighted by atomic mass is 10.2. The van der Waals surface area contributed by atoms with Crippen molar-refractivity contribution in [2.75, 3.05) is 0 Å². The Balaban J connectivity index is 2.35. The van der Waals surface area contributed by atoms with Gasteiger partial charge in [-0.2, -0.15) is 5.26 Å². The number of thioether (sulfide) groups is 2. The highest BCUT2D eigenvalue weighted by Gasteiger charge is 2.16. The van der Waals surface area contributed by atoms with Crippen LogP contribution in [0.1, 0.15) is 0 Å². The molecule has 2 aromatic rings. The Labute approximate surface area is 149 Å². The molecule has 0 spiro atoms. The van der Waals surface area contributed by atoms with Crippen LogP contribution in [-0.2, 0) is 0 Å². The Morgan fingerprint density at radius 1 is 0.875 bits per heavy atom. The second-order valence-electron chi connectivity index (χ2n) is 4.51. The molecule has 0 fully saturated rings. The van der Waals surface area contributed by atoms with Crippen LogP contribution in [0.15, 0.2) is 91.8 Å². The van der Waals surface area contributed by atoms with Crippen LogP contribution < -0.4 is 11.5 Å². The van der Waals surface area contributed by atoms with Crippen molar-refractivity contribution in [1.29, 1.82) is 5.26 Å². The summed E-state index contributed by atoms with van der Waals surface area (Å²) < 4.78 is 0. The minimum Gasteiger partial charge on any atom is -0.402 e. The van der Waals surface area contributed by atoms with E-state index in [-0.39, 0.29) is 21.3 Å². The Morgan fingerprint density at radius 3 is 1.75 bits per heavy atom. The topological polar surface area (TPSA) is 80.2 Å². The van der Waals surface area contributed by atoms with Gasteiger partial charge >= 0.3 is 0 Å². The third-order valence-electron chi connectivity index (χ3n) is 2.88. The van der Waals surface area contributed by atoms with E-state index >= 15 is 0 Å². The minimum atomic E-state index is 0.0762. The van der Waals surface area contributed by atoms with E-state index in [0.29, 0.717) is 0 Å². The first-order chi connectivity index (χ1) is 11.7. The molecule has 0 amide bonds. The number of rotatable bonds is 5. The van der Waals surface area contributed by atoms with Gasteiger partial charge in [0.25, 0.3) is 0 Å². The number of allylic oxidation sites excluding steroid dienone is 1. The van der Waals surface area contributed by atoms with E-state index in [1.807, 2.05) is 66.7 Å². The van der Waals surface area contributed by atoms with Crippen molar-refractivity contribution < 1.29 is 0 Å². The molecule has 24 heavy (non-hydrogen) atoms. The molecule has 0 aromatic heterocycles. The van der Waals surface area contributed by atoms with E-state index in [1.54, 1.807) is 0 Å². The summed E-state index contributed by atoms with van der Waals surface area (Å²) >= 11 is 2.47. The first-order valence-corrected chi connectivity index (χ1v) is 8.52. The molecule has 6 heteroatoms. The monoisotopic (exact) mass is 350 g/mol. The molecule has 0 radical (unpaired) electrons. The van der Waals surface area contributed by atoms with E-state index < -0.39 is 0 Å². The largest absolute Gasteiger partial charge is 0.402 e. The average molecular weight is 350 g/mol. The average Bonchev–Trinajstić information content (AvgIpc) is 2.61. The molecular weight excluding hydrogens is 336 g/mol. The van der Waals surface area contributed by atoms with Crippen LogP contribution in [0.3, 0.4) is 0 Å². The summed E-state index contributed by atoms with van der Waals surface area (Å²) in [5.74, 6) is 0. The summed E-state index contributed by atoms with van der Waals surface area (Å²) in [5.41, 5.74) is 12.3. The van der Waals surface area contributed by atoms with E-state index in [0.717, 1.165) is 9.79 Å². The van der Waals surface area contributed by atoms with Crippen molar-refractivity contribution >= 4 is 23.5 Å². The van der Waals surface area contributed by atoms with Gasteiger partial charge in [-0.15, -0.1) is 0 Å². The SMILES string of the molecule is [C-]#[N+]/C(C(C#N)=C(N)Sc1ccccc1)=C(\N)Sc1ccccc1. The molecule has 0 heterocycles. The molecule has 4 N–H and O–H groups in total. The van der Waals surface area contributed by atoms with Crippen LogP contribution >= 0.6 is 23.5 Å². The highest BCUT2D eigenvalue weighted by molar-refractivity contribution is 8.03. The van der Waals surface area contributed by atoms with Crippen molar-refractivity contribution in [2.24, 2.45) is 11.5 Å². The van der Waals surface area contributed by atoms with Crippen LogP contribution in [0, 0.1) is 17.9 Å². The molecule has 0 bridgehead atoms. The smallest absolute Gasteiger partial charge is 0.236 e. The van der Waals surface area contributed by atoms with E-state index in [1.165, 1.54) is 23.5 Å². The summed E-state index contributed by atoms with van der Waals surface area (Å²) in [5, 5.41) is 9.96. The number of hydrogen-bond donors (Lipinski definition) is 2. The molecule has 0 aliphatic rings. The zero-order valence-corrected chi connectivity index (χ0v) is 14.3. The zero-order valence-electron chi connectivity index (χ0n) is 12.6. The number of nitrogens with two attached hydrogens (primary N) is 2. The molecule has 0 atom stereocenters. The Hall–Kier alpha value is -2.80. The molecule has 0 saturated heterocycles. The number of nitrogens with zero attached hydrogens (tertiary/aromatic N) is 2. The molecule has 2 rings (SSSR count).